The molecule has 0 unspecified atom stereocenters. The topological polar surface area (TPSA) is 0 Å². The van der Waals surface area contributed by atoms with Gasteiger partial charge in [-0.15, -0.1) is 0 Å². The van der Waals surface area contributed by atoms with Crippen LogP contribution in [0.3, 0.4) is 0 Å². The van der Waals surface area contributed by atoms with Crippen molar-refractivity contribution < 1.29 is 9.47 Å². The predicted molar refractivity (Wildman–Crippen MR) is 73.8 cm³/mol. The molecule has 3 heteroatoms. The van der Waals surface area contributed by atoms with Gasteiger partial charge >= 0.3 is 49.4 Å². The summed E-state index contributed by atoms with van der Waals surface area (Å²) in [5.41, 5.74) is 0. The predicted octanol–water partition coefficient (Wildman–Crippen LogP) is 5.77. The van der Waals surface area contributed by atoms with E-state index in [2.05, 4.69) is 40.0 Å². The van der Waals surface area contributed by atoms with Crippen molar-refractivity contribution in [2.24, 2.45) is 0 Å². The van der Waals surface area contributed by atoms with Gasteiger partial charge in [0.25, 0.3) is 0 Å². The van der Waals surface area contributed by atoms with Crippen molar-refractivity contribution in [3.05, 3.63) is 0 Å². The maximum absolute atomic E-state index is 2.37. The molecule has 0 amide bonds. The van der Waals surface area contributed by atoms with Crippen LogP contribution in [0.5, 0.6) is 0 Å². The maximum atomic E-state index is 2.37. The van der Waals surface area contributed by atoms with E-state index in [0.29, 0.717) is 9.47 Å². The molecule has 0 aromatic carbocycles. The van der Waals surface area contributed by atoms with Gasteiger partial charge in [-0.05, 0) is 0 Å². The Hall–Kier alpha value is 2.04. The van der Waals surface area contributed by atoms with Crippen LogP contribution in [0.25, 0.3) is 0 Å². The van der Waals surface area contributed by atoms with Gasteiger partial charge in [-0.1, -0.05) is 59.8 Å². The van der Waals surface area contributed by atoms with Crippen LogP contribution in [0.2, 0.25) is 0 Å². The van der Waals surface area contributed by atoms with E-state index in [-0.39, 0.29) is 0 Å². The number of hydrogen-bond donors (Lipinski definition) is 0. The first kappa shape index (κ1) is 19.6. The van der Waals surface area contributed by atoms with Crippen LogP contribution in [0.1, 0.15) is 59.8 Å². The molecule has 0 aromatic rings. The molecule has 1 aliphatic carbocycles. The van der Waals surface area contributed by atoms with Crippen LogP contribution in [-0.4, -0.2) is 0 Å². The van der Waals surface area contributed by atoms with Crippen molar-refractivity contribution in [3.8, 4) is 0 Å². The fourth-order valence-corrected chi connectivity index (χ4v) is 0.884. The monoisotopic (exact) mass is 435 g/mol. The molecule has 1 fully saturated rings. The summed E-state index contributed by atoms with van der Waals surface area (Å²) in [6.07, 6.45) is 7.50. The molecule has 0 saturated heterocycles. The Bertz CT molecular complexity index is 31.9. The molecule has 77 valence electrons. The van der Waals surface area contributed by atoms with Crippen molar-refractivity contribution in [1.29, 1.82) is 0 Å². The van der Waals surface area contributed by atoms with Crippen LogP contribution >= 0.6 is 40.0 Å². The Morgan fingerprint density at radius 1 is 0.667 bits per heavy atom. The van der Waals surface area contributed by atoms with Crippen LogP contribution in [0.15, 0.2) is 0 Å². The average molecular weight is 435 g/mol. The summed E-state index contributed by atoms with van der Waals surface area (Å²) in [6, 6.07) is 0. The van der Waals surface area contributed by atoms with Crippen LogP contribution in [0.4, 0.5) is 0 Å². The Kier molecular flexibility index (Phi) is 47.7. The molecule has 0 nitrogen and oxygen atoms in total. The van der Waals surface area contributed by atoms with Crippen molar-refractivity contribution >= 4 is 40.0 Å². The quantitative estimate of drug-likeness (QED) is 0.424. The van der Waals surface area contributed by atoms with Crippen LogP contribution in [0, 0.1) is 0 Å². The molecule has 0 aromatic heterocycles. The van der Waals surface area contributed by atoms with E-state index in [9.17, 15) is 0 Å². The van der Waals surface area contributed by atoms with Gasteiger partial charge in [-0.3, -0.25) is 0 Å². The molecule has 0 aliphatic heterocycles. The van der Waals surface area contributed by atoms with Crippen molar-refractivity contribution in [2.45, 2.75) is 59.8 Å². The normalized spacial score (nSPS) is 12.2. The summed E-state index contributed by atoms with van der Waals surface area (Å²) in [4.78, 5) is 0. The molecule has 0 spiro atoms. The van der Waals surface area contributed by atoms with Crippen molar-refractivity contribution in [3.63, 3.8) is 0 Å². The summed E-state index contributed by atoms with van der Waals surface area (Å²) < 4.78 is 0. The molecule has 0 N–H and O–H groups in total. The van der Waals surface area contributed by atoms with Gasteiger partial charge in [0, 0.05) is 0 Å². The Labute approximate surface area is 108 Å². The molecular formula is C9H22I2V. The number of rotatable bonds is 0. The Balaban J connectivity index is -0.000000102. The molecule has 1 aliphatic rings. The summed E-state index contributed by atoms with van der Waals surface area (Å²) in [6.45, 7) is 8.00. The van der Waals surface area contributed by atoms with Gasteiger partial charge in [-0.2, -0.15) is 0 Å². The second-order valence-corrected chi connectivity index (χ2v) is 13.6. The summed E-state index contributed by atoms with van der Waals surface area (Å²) in [7, 11) is 0.628. The Morgan fingerprint density at radius 2 is 0.750 bits per heavy atom. The van der Waals surface area contributed by atoms with E-state index in [1.165, 1.54) is 32.1 Å². The van der Waals surface area contributed by atoms with Gasteiger partial charge in [0.1, 0.15) is 0 Å². The van der Waals surface area contributed by atoms with E-state index in [1.54, 1.807) is 0 Å². The molecule has 1 rings (SSSR count). The fraction of sp³-hybridized carbons (Fsp3) is 1.00. The first-order chi connectivity index (χ1) is 5.91. The molecule has 0 atom stereocenters. The second kappa shape index (κ2) is 29.2. The number of hydrogen-bond acceptors (Lipinski definition) is 0. The van der Waals surface area contributed by atoms with Crippen LogP contribution < -0.4 is 0 Å². The molecule has 0 bridgehead atoms. The molecular weight excluding hydrogens is 413 g/mol. The van der Waals surface area contributed by atoms with Crippen LogP contribution in [-0.2, 0) is 9.47 Å². The third kappa shape index (κ3) is 29.6. The zero-order valence-corrected chi connectivity index (χ0v) is 14.5. The van der Waals surface area contributed by atoms with Gasteiger partial charge in [0.2, 0.25) is 0 Å². The van der Waals surface area contributed by atoms with E-state index >= 15 is 0 Å². The standard InChI is InChI=1S/C5H10.2C2H6.2HI.V/c1-2-4-5-3-1;2*1-2;;;/h1-5H2;2*1-2H3;2*1H;/q;;;;;+2/p-2. The molecule has 0 heterocycles. The average Bonchev–Trinajstić information content (AvgIpc) is 2.69. The third-order valence-corrected chi connectivity index (χ3v) is 1.25. The fourth-order valence-electron chi connectivity index (χ4n) is 0.884. The van der Waals surface area contributed by atoms with E-state index in [0.717, 1.165) is 0 Å². The molecule has 0 radical (unpaired) electrons. The first-order valence-electron chi connectivity index (χ1n) is 4.84. The third-order valence-electron chi connectivity index (χ3n) is 1.25. The minimum absolute atomic E-state index is 0.628. The molecule has 12 heavy (non-hydrogen) atoms. The van der Waals surface area contributed by atoms with E-state index < -0.39 is 0 Å². The van der Waals surface area contributed by atoms with Gasteiger partial charge in [0.05, 0.1) is 0 Å². The zero-order valence-electron chi connectivity index (χ0n) is 8.74. The van der Waals surface area contributed by atoms with E-state index in [1.807, 2.05) is 27.7 Å². The second-order valence-electron chi connectivity index (χ2n) is 1.83. The first-order valence-corrected chi connectivity index (χ1v) is 13.9. The Morgan fingerprint density at radius 3 is 0.833 bits per heavy atom. The van der Waals surface area contributed by atoms with Gasteiger partial charge in [-0.25, -0.2) is 0 Å². The summed E-state index contributed by atoms with van der Waals surface area (Å²) >= 11 is 4.74. The SMILES string of the molecule is C1CCCC1.CC.CC.[I][V][I]. The van der Waals surface area contributed by atoms with Gasteiger partial charge in [0.15, 0.2) is 0 Å². The van der Waals surface area contributed by atoms with E-state index in [4.69, 9.17) is 0 Å². The van der Waals surface area contributed by atoms with Crippen molar-refractivity contribution in [2.75, 3.05) is 0 Å². The number of halogens is 2. The van der Waals surface area contributed by atoms with Gasteiger partial charge < -0.3 is 0 Å². The minimum atomic E-state index is 0.628. The molecule has 1 saturated carbocycles. The summed E-state index contributed by atoms with van der Waals surface area (Å²) in [5, 5.41) is 0. The van der Waals surface area contributed by atoms with Crippen molar-refractivity contribution in [1.82, 2.24) is 0 Å². The zero-order chi connectivity index (χ0) is 10.2. The summed E-state index contributed by atoms with van der Waals surface area (Å²) in [5.74, 6) is 0.